The van der Waals surface area contributed by atoms with E-state index in [0.29, 0.717) is 18.7 Å². The zero-order chi connectivity index (χ0) is 16.1. The molecule has 0 unspecified atom stereocenters. The predicted octanol–water partition coefficient (Wildman–Crippen LogP) is 3.60. The van der Waals surface area contributed by atoms with Gasteiger partial charge in [-0.25, -0.2) is 0 Å². The first kappa shape index (κ1) is 15.0. The van der Waals surface area contributed by atoms with Crippen molar-refractivity contribution >= 4 is 11.6 Å². The van der Waals surface area contributed by atoms with Gasteiger partial charge < -0.3 is 4.90 Å². The molecule has 0 N–H and O–H groups in total. The van der Waals surface area contributed by atoms with Crippen molar-refractivity contribution in [3.8, 4) is 0 Å². The van der Waals surface area contributed by atoms with Crippen LogP contribution in [0.4, 0.5) is 5.69 Å². The van der Waals surface area contributed by atoms with Gasteiger partial charge in [0.1, 0.15) is 0 Å². The van der Waals surface area contributed by atoms with Gasteiger partial charge in [-0.05, 0) is 42.8 Å². The molecule has 3 aromatic rings. The van der Waals surface area contributed by atoms with Crippen LogP contribution in [-0.4, -0.2) is 22.2 Å². The van der Waals surface area contributed by atoms with Crippen LogP contribution in [-0.2, 0) is 6.54 Å². The van der Waals surface area contributed by atoms with Gasteiger partial charge in [-0.1, -0.05) is 30.3 Å². The molecule has 4 nitrogen and oxygen atoms in total. The van der Waals surface area contributed by atoms with E-state index in [1.54, 1.807) is 11.1 Å². The Labute approximate surface area is 136 Å². The highest BCUT2D eigenvalue weighted by Crippen LogP contribution is 2.17. The molecule has 2 aromatic carbocycles. The van der Waals surface area contributed by atoms with E-state index in [1.165, 1.54) is 0 Å². The molecule has 0 spiro atoms. The van der Waals surface area contributed by atoms with Gasteiger partial charge in [-0.3, -0.25) is 9.48 Å². The number of amides is 1. The van der Waals surface area contributed by atoms with Crippen molar-refractivity contribution in [2.45, 2.75) is 13.5 Å². The number of anilines is 1. The van der Waals surface area contributed by atoms with Crippen LogP contribution < -0.4 is 4.90 Å². The number of nitrogens with zero attached hydrogens (tertiary/aromatic N) is 3. The predicted molar refractivity (Wildman–Crippen MR) is 91.6 cm³/mol. The summed E-state index contributed by atoms with van der Waals surface area (Å²) in [6.07, 6.45) is 3.68. The van der Waals surface area contributed by atoms with Gasteiger partial charge in [0.15, 0.2) is 0 Å². The SMILES string of the molecule is CCN(C(=O)c1ccc(Cn2cccn2)cc1)c1ccccc1. The summed E-state index contributed by atoms with van der Waals surface area (Å²) in [7, 11) is 0. The van der Waals surface area contributed by atoms with Gasteiger partial charge in [0.05, 0.1) is 6.54 Å². The Morgan fingerprint density at radius 3 is 2.39 bits per heavy atom. The van der Waals surface area contributed by atoms with E-state index in [1.807, 2.05) is 78.5 Å². The maximum Gasteiger partial charge on any atom is 0.258 e. The molecule has 0 atom stereocenters. The van der Waals surface area contributed by atoms with Crippen molar-refractivity contribution in [3.05, 3.63) is 84.2 Å². The van der Waals surface area contributed by atoms with Gasteiger partial charge in [0.25, 0.3) is 5.91 Å². The highest BCUT2D eigenvalue weighted by atomic mass is 16.2. The number of benzene rings is 2. The highest BCUT2D eigenvalue weighted by molar-refractivity contribution is 6.06. The molecule has 1 heterocycles. The maximum absolute atomic E-state index is 12.7. The third kappa shape index (κ3) is 3.48. The van der Waals surface area contributed by atoms with E-state index in [2.05, 4.69) is 5.10 Å². The average Bonchev–Trinajstić information content (AvgIpc) is 3.10. The lowest BCUT2D eigenvalue weighted by atomic mass is 10.1. The first-order valence-corrected chi connectivity index (χ1v) is 7.71. The van der Waals surface area contributed by atoms with Crippen molar-refractivity contribution in [2.24, 2.45) is 0 Å². The van der Waals surface area contributed by atoms with Crippen molar-refractivity contribution in [1.82, 2.24) is 9.78 Å². The van der Waals surface area contributed by atoms with Crippen LogP contribution >= 0.6 is 0 Å². The lowest BCUT2D eigenvalue weighted by Crippen LogP contribution is -2.30. The van der Waals surface area contributed by atoms with E-state index in [-0.39, 0.29) is 5.91 Å². The Kier molecular flexibility index (Phi) is 4.52. The smallest absolute Gasteiger partial charge is 0.258 e. The number of rotatable bonds is 5. The van der Waals surface area contributed by atoms with Gasteiger partial charge in [-0.15, -0.1) is 0 Å². The molecule has 0 saturated carbocycles. The van der Waals surface area contributed by atoms with Crippen molar-refractivity contribution in [2.75, 3.05) is 11.4 Å². The molecule has 0 bridgehead atoms. The summed E-state index contributed by atoms with van der Waals surface area (Å²) in [5, 5.41) is 4.19. The maximum atomic E-state index is 12.7. The van der Waals surface area contributed by atoms with Crippen LogP contribution in [0, 0.1) is 0 Å². The standard InChI is InChI=1S/C19H19N3O/c1-2-22(18-7-4-3-5-8-18)19(23)17-11-9-16(10-12-17)15-21-14-6-13-20-21/h3-14H,2,15H2,1H3. The monoisotopic (exact) mass is 305 g/mol. The first-order chi connectivity index (χ1) is 11.3. The molecule has 0 aliphatic heterocycles. The third-order valence-electron chi connectivity index (χ3n) is 3.73. The quantitative estimate of drug-likeness (QED) is 0.722. The topological polar surface area (TPSA) is 38.1 Å². The fourth-order valence-corrected chi connectivity index (χ4v) is 2.54. The van der Waals surface area contributed by atoms with Gasteiger partial charge in [0, 0.05) is 30.2 Å². The molecule has 0 fully saturated rings. The minimum atomic E-state index is 0.0179. The Hall–Kier alpha value is -2.88. The summed E-state index contributed by atoms with van der Waals surface area (Å²) in [5.41, 5.74) is 2.73. The van der Waals surface area contributed by atoms with Gasteiger partial charge in [0.2, 0.25) is 0 Å². The highest BCUT2D eigenvalue weighted by Gasteiger charge is 2.15. The second-order valence-corrected chi connectivity index (χ2v) is 5.29. The summed E-state index contributed by atoms with van der Waals surface area (Å²) >= 11 is 0. The number of aromatic nitrogens is 2. The van der Waals surface area contributed by atoms with Crippen LogP contribution in [0.15, 0.2) is 73.1 Å². The van der Waals surface area contributed by atoms with Gasteiger partial charge in [-0.2, -0.15) is 5.10 Å². The van der Waals surface area contributed by atoms with Crippen LogP contribution in [0.3, 0.4) is 0 Å². The van der Waals surface area contributed by atoms with Crippen molar-refractivity contribution in [3.63, 3.8) is 0 Å². The normalized spacial score (nSPS) is 10.5. The van der Waals surface area contributed by atoms with E-state index in [9.17, 15) is 4.79 Å². The minimum Gasteiger partial charge on any atom is -0.309 e. The van der Waals surface area contributed by atoms with Crippen molar-refractivity contribution < 1.29 is 4.79 Å². The summed E-state index contributed by atoms with van der Waals surface area (Å²) in [6.45, 7) is 3.33. The molecular weight excluding hydrogens is 286 g/mol. The van der Waals surface area contributed by atoms with E-state index in [4.69, 9.17) is 0 Å². The number of carbonyl (C=O) groups is 1. The molecular formula is C19H19N3O. The Balaban J connectivity index is 1.76. The molecule has 3 rings (SSSR count). The number of para-hydroxylation sites is 1. The molecule has 4 heteroatoms. The first-order valence-electron chi connectivity index (χ1n) is 7.71. The van der Waals surface area contributed by atoms with Crippen LogP contribution in [0.25, 0.3) is 0 Å². The van der Waals surface area contributed by atoms with Crippen molar-refractivity contribution in [1.29, 1.82) is 0 Å². The molecule has 0 radical (unpaired) electrons. The number of hydrogen-bond acceptors (Lipinski definition) is 2. The Morgan fingerprint density at radius 2 is 1.78 bits per heavy atom. The molecule has 1 aromatic heterocycles. The van der Waals surface area contributed by atoms with E-state index < -0.39 is 0 Å². The largest absolute Gasteiger partial charge is 0.309 e. The summed E-state index contributed by atoms with van der Waals surface area (Å²) in [6, 6.07) is 19.4. The Morgan fingerprint density at radius 1 is 1.04 bits per heavy atom. The van der Waals surface area contributed by atoms with Crippen LogP contribution in [0.2, 0.25) is 0 Å². The number of hydrogen-bond donors (Lipinski definition) is 0. The lowest BCUT2D eigenvalue weighted by molar-refractivity contribution is 0.0988. The Bertz CT molecular complexity index is 749. The molecule has 116 valence electrons. The second-order valence-electron chi connectivity index (χ2n) is 5.29. The summed E-state index contributed by atoms with van der Waals surface area (Å²) < 4.78 is 1.86. The fourth-order valence-electron chi connectivity index (χ4n) is 2.54. The zero-order valence-electron chi connectivity index (χ0n) is 13.1. The van der Waals surface area contributed by atoms with E-state index >= 15 is 0 Å². The molecule has 0 aliphatic carbocycles. The van der Waals surface area contributed by atoms with E-state index in [0.717, 1.165) is 11.3 Å². The molecule has 23 heavy (non-hydrogen) atoms. The van der Waals surface area contributed by atoms with Crippen LogP contribution in [0.5, 0.6) is 0 Å². The molecule has 0 saturated heterocycles. The zero-order valence-corrected chi connectivity index (χ0v) is 13.1. The molecule has 0 aliphatic rings. The summed E-state index contributed by atoms with van der Waals surface area (Å²) in [5.74, 6) is 0.0179. The summed E-state index contributed by atoms with van der Waals surface area (Å²) in [4.78, 5) is 14.5. The lowest BCUT2D eigenvalue weighted by Gasteiger charge is -2.21. The third-order valence-corrected chi connectivity index (χ3v) is 3.73. The fraction of sp³-hybridized carbons (Fsp3) is 0.158. The van der Waals surface area contributed by atoms with Crippen LogP contribution in [0.1, 0.15) is 22.8 Å². The number of carbonyl (C=O) groups excluding carboxylic acids is 1. The minimum absolute atomic E-state index is 0.0179. The molecule has 1 amide bonds. The van der Waals surface area contributed by atoms with Gasteiger partial charge >= 0.3 is 0 Å². The second kappa shape index (κ2) is 6.92. The average molecular weight is 305 g/mol.